The third kappa shape index (κ3) is 5.39. The SMILES string of the molecule is Cc1cc(NC(=S)NC2(CCc3ccc(Cl)cc3)CCCC2)ccc1N1CCCC1=O. The lowest BCUT2D eigenvalue weighted by Gasteiger charge is -2.32. The topological polar surface area (TPSA) is 44.4 Å². The normalized spacial score (nSPS) is 17.7. The van der Waals surface area contributed by atoms with Crippen LogP contribution >= 0.6 is 23.8 Å². The van der Waals surface area contributed by atoms with Crippen LogP contribution in [0.3, 0.4) is 0 Å². The van der Waals surface area contributed by atoms with Gasteiger partial charge in [-0.05, 0) is 92.7 Å². The second kappa shape index (κ2) is 9.58. The number of halogens is 1. The number of hydrogen-bond acceptors (Lipinski definition) is 2. The van der Waals surface area contributed by atoms with Gasteiger partial charge in [0.25, 0.3) is 0 Å². The van der Waals surface area contributed by atoms with Crippen molar-refractivity contribution in [1.29, 1.82) is 0 Å². The summed E-state index contributed by atoms with van der Waals surface area (Å²) in [6, 6.07) is 14.2. The molecule has 1 aliphatic heterocycles. The Morgan fingerprint density at radius 3 is 2.52 bits per heavy atom. The third-order valence-corrected chi connectivity index (χ3v) is 7.02. The van der Waals surface area contributed by atoms with Gasteiger partial charge in [0.2, 0.25) is 5.91 Å². The Bertz CT molecular complexity index is 954. The van der Waals surface area contributed by atoms with Crippen LogP contribution in [-0.2, 0) is 11.2 Å². The fraction of sp³-hybridized carbons (Fsp3) is 0.440. The molecule has 2 aliphatic rings. The van der Waals surface area contributed by atoms with Gasteiger partial charge < -0.3 is 15.5 Å². The molecule has 2 aromatic carbocycles. The third-order valence-electron chi connectivity index (χ3n) is 6.56. The van der Waals surface area contributed by atoms with Gasteiger partial charge in [-0.2, -0.15) is 0 Å². The monoisotopic (exact) mass is 455 g/mol. The van der Waals surface area contributed by atoms with E-state index in [0.29, 0.717) is 11.5 Å². The Labute approximate surface area is 195 Å². The number of amides is 1. The number of carbonyl (C=O) groups excluding carboxylic acids is 1. The number of thiocarbonyl (C=S) groups is 1. The molecule has 0 radical (unpaired) electrons. The zero-order valence-electron chi connectivity index (χ0n) is 18.0. The molecule has 1 saturated carbocycles. The highest BCUT2D eigenvalue weighted by molar-refractivity contribution is 7.80. The summed E-state index contributed by atoms with van der Waals surface area (Å²) in [7, 11) is 0. The van der Waals surface area contributed by atoms with Crippen LogP contribution in [0.25, 0.3) is 0 Å². The van der Waals surface area contributed by atoms with E-state index in [1.165, 1.54) is 18.4 Å². The summed E-state index contributed by atoms with van der Waals surface area (Å²) >= 11 is 11.7. The molecule has 0 bridgehead atoms. The minimum absolute atomic E-state index is 0.0423. The molecule has 164 valence electrons. The van der Waals surface area contributed by atoms with Crippen molar-refractivity contribution in [2.75, 3.05) is 16.8 Å². The fourth-order valence-corrected chi connectivity index (χ4v) is 5.33. The minimum Gasteiger partial charge on any atom is -0.357 e. The largest absolute Gasteiger partial charge is 0.357 e. The highest BCUT2D eigenvalue weighted by Crippen LogP contribution is 2.34. The van der Waals surface area contributed by atoms with E-state index in [4.69, 9.17) is 23.8 Å². The maximum Gasteiger partial charge on any atom is 0.227 e. The second-order valence-electron chi connectivity index (χ2n) is 8.84. The molecule has 0 spiro atoms. The van der Waals surface area contributed by atoms with E-state index in [1.807, 2.05) is 36.1 Å². The maximum atomic E-state index is 12.1. The van der Waals surface area contributed by atoms with Crippen molar-refractivity contribution < 1.29 is 4.79 Å². The van der Waals surface area contributed by atoms with Crippen LogP contribution in [0.15, 0.2) is 42.5 Å². The maximum absolute atomic E-state index is 12.1. The van der Waals surface area contributed by atoms with Crippen molar-refractivity contribution in [2.24, 2.45) is 0 Å². The average Bonchev–Trinajstić information content (AvgIpc) is 3.37. The summed E-state index contributed by atoms with van der Waals surface area (Å²) in [6.07, 6.45) is 8.36. The van der Waals surface area contributed by atoms with Crippen LogP contribution in [0.4, 0.5) is 11.4 Å². The summed E-state index contributed by atoms with van der Waals surface area (Å²) < 4.78 is 0. The van der Waals surface area contributed by atoms with Gasteiger partial charge in [-0.1, -0.05) is 36.6 Å². The van der Waals surface area contributed by atoms with Crippen molar-refractivity contribution in [3.8, 4) is 0 Å². The van der Waals surface area contributed by atoms with Crippen molar-refractivity contribution in [2.45, 2.75) is 63.8 Å². The van der Waals surface area contributed by atoms with Crippen LogP contribution in [-0.4, -0.2) is 23.1 Å². The molecule has 0 unspecified atom stereocenters. The Hall–Kier alpha value is -2.11. The molecule has 2 fully saturated rings. The summed E-state index contributed by atoms with van der Waals surface area (Å²) in [5, 5.41) is 8.46. The van der Waals surface area contributed by atoms with Gasteiger partial charge in [0.1, 0.15) is 0 Å². The first-order chi connectivity index (χ1) is 14.9. The number of carbonyl (C=O) groups is 1. The molecule has 4 nitrogen and oxygen atoms in total. The predicted octanol–water partition coefficient (Wildman–Crippen LogP) is 6.01. The smallest absolute Gasteiger partial charge is 0.227 e. The van der Waals surface area contributed by atoms with Crippen molar-refractivity contribution >= 4 is 46.2 Å². The second-order valence-corrected chi connectivity index (χ2v) is 9.69. The molecule has 1 amide bonds. The number of nitrogens with one attached hydrogen (secondary N) is 2. The molecule has 2 N–H and O–H groups in total. The molecular formula is C25H30ClN3OS. The number of benzene rings is 2. The van der Waals surface area contributed by atoms with Crippen LogP contribution < -0.4 is 15.5 Å². The van der Waals surface area contributed by atoms with Crippen LogP contribution in [0, 0.1) is 6.92 Å². The number of aryl methyl sites for hydroxylation is 2. The summed E-state index contributed by atoms with van der Waals surface area (Å²) in [5.41, 5.74) is 4.39. The molecule has 6 heteroatoms. The van der Waals surface area contributed by atoms with E-state index in [2.05, 4.69) is 28.8 Å². The van der Waals surface area contributed by atoms with Crippen LogP contribution in [0.1, 0.15) is 56.1 Å². The van der Waals surface area contributed by atoms with Gasteiger partial charge in [-0.15, -0.1) is 0 Å². The van der Waals surface area contributed by atoms with E-state index in [0.717, 1.165) is 60.6 Å². The van der Waals surface area contributed by atoms with Crippen LogP contribution in [0.2, 0.25) is 5.02 Å². The molecule has 1 aliphatic carbocycles. The van der Waals surface area contributed by atoms with E-state index < -0.39 is 0 Å². The molecule has 2 aromatic rings. The molecule has 1 saturated heterocycles. The number of rotatable bonds is 6. The van der Waals surface area contributed by atoms with Gasteiger partial charge >= 0.3 is 0 Å². The number of hydrogen-bond donors (Lipinski definition) is 2. The molecule has 0 aromatic heterocycles. The molecular weight excluding hydrogens is 426 g/mol. The summed E-state index contributed by atoms with van der Waals surface area (Å²) in [4.78, 5) is 14.0. The van der Waals surface area contributed by atoms with Crippen molar-refractivity contribution in [3.63, 3.8) is 0 Å². The Balaban J connectivity index is 1.38. The minimum atomic E-state index is 0.0423. The average molecular weight is 456 g/mol. The zero-order chi connectivity index (χ0) is 21.8. The Morgan fingerprint density at radius 1 is 1.13 bits per heavy atom. The predicted molar refractivity (Wildman–Crippen MR) is 133 cm³/mol. The van der Waals surface area contributed by atoms with E-state index in [9.17, 15) is 4.79 Å². The number of nitrogens with zero attached hydrogens (tertiary/aromatic N) is 1. The highest BCUT2D eigenvalue weighted by Gasteiger charge is 2.34. The van der Waals surface area contributed by atoms with Gasteiger partial charge in [-0.25, -0.2) is 0 Å². The lowest BCUT2D eigenvalue weighted by Crippen LogP contribution is -2.48. The Kier molecular flexibility index (Phi) is 6.83. The van der Waals surface area contributed by atoms with E-state index in [-0.39, 0.29) is 11.4 Å². The van der Waals surface area contributed by atoms with Gasteiger partial charge in [0, 0.05) is 34.9 Å². The van der Waals surface area contributed by atoms with Gasteiger partial charge in [0.15, 0.2) is 5.11 Å². The van der Waals surface area contributed by atoms with Crippen LogP contribution in [0.5, 0.6) is 0 Å². The molecule has 31 heavy (non-hydrogen) atoms. The first kappa shape index (κ1) is 22.1. The highest BCUT2D eigenvalue weighted by atomic mass is 35.5. The van der Waals surface area contributed by atoms with Crippen molar-refractivity contribution in [1.82, 2.24) is 5.32 Å². The standard InChI is InChI=1S/C25H30ClN3OS/c1-18-17-21(10-11-22(18)29-16-4-5-23(29)30)27-24(31)28-25(13-2-3-14-25)15-12-19-6-8-20(26)9-7-19/h6-11,17H,2-5,12-16H2,1H3,(H2,27,28,31). The molecule has 1 heterocycles. The van der Waals surface area contributed by atoms with Crippen molar-refractivity contribution in [3.05, 3.63) is 58.6 Å². The van der Waals surface area contributed by atoms with E-state index >= 15 is 0 Å². The van der Waals surface area contributed by atoms with Gasteiger partial charge in [0.05, 0.1) is 0 Å². The molecule has 4 rings (SSSR count). The fourth-order valence-electron chi connectivity index (χ4n) is 4.87. The van der Waals surface area contributed by atoms with Gasteiger partial charge in [-0.3, -0.25) is 4.79 Å². The Morgan fingerprint density at radius 2 is 1.87 bits per heavy atom. The summed E-state index contributed by atoms with van der Waals surface area (Å²) in [6.45, 7) is 2.86. The van der Waals surface area contributed by atoms with E-state index in [1.54, 1.807) is 0 Å². The lowest BCUT2D eigenvalue weighted by molar-refractivity contribution is -0.117. The first-order valence-electron chi connectivity index (χ1n) is 11.2. The first-order valence-corrected chi connectivity index (χ1v) is 12.0. The lowest BCUT2D eigenvalue weighted by atomic mass is 9.89. The number of anilines is 2. The zero-order valence-corrected chi connectivity index (χ0v) is 19.6. The molecule has 0 atom stereocenters. The quantitative estimate of drug-likeness (QED) is 0.523. The summed E-state index contributed by atoms with van der Waals surface area (Å²) in [5.74, 6) is 0.213.